The average Bonchev–Trinajstić information content (AvgIpc) is 3.14. The zero-order chi connectivity index (χ0) is 21.0. The van der Waals surface area contributed by atoms with Crippen LogP contribution in [0, 0.1) is 5.92 Å². The number of nitrogens with one attached hydrogen (secondary N) is 2. The van der Waals surface area contributed by atoms with Gasteiger partial charge < -0.3 is 20.3 Å². The number of pyridine rings is 1. The number of aliphatic hydroxyl groups is 1. The second-order valence-corrected chi connectivity index (χ2v) is 7.92. The van der Waals surface area contributed by atoms with Crippen molar-refractivity contribution in [2.45, 2.75) is 65.8 Å². The number of rotatable bonds is 9. The molecule has 2 atom stereocenters. The van der Waals surface area contributed by atoms with Crippen LogP contribution in [-0.2, 0) is 6.54 Å². The smallest absolute Gasteiger partial charge is 0.227 e. The van der Waals surface area contributed by atoms with E-state index in [0.717, 1.165) is 23.1 Å². The molecule has 0 radical (unpaired) electrons. The van der Waals surface area contributed by atoms with Crippen LogP contribution in [0.1, 0.15) is 52.6 Å². The molecule has 8 nitrogen and oxygen atoms in total. The summed E-state index contributed by atoms with van der Waals surface area (Å²) < 4.78 is 2.03. The van der Waals surface area contributed by atoms with Crippen molar-refractivity contribution in [3.05, 3.63) is 36.4 Å². The summed E-state index contributed by atoms with van der Waals surface area (Å²) in [5.41, 5.74) is 2.55. The molecule has 8 heteroatoms. The normalized spacial score (nSPS) is 13.8. The average molecular weight is 398 g/mol. The minimum absolute atomic E-state index is 0.131. The van der Waals surface area contributed by atoms with E-state index < -0.39 is 6.10 Å². The van der Waals surface area contributed by atoms with Crippen LogP contribution in [0.25, 0.3) is 11.2 Å². The number of aromatic nitrogens is 5. The molecule has 0 bridgehead atoms. The van der Waals surface area contributed by atoms with Crippen LogP contribution in [0.15, 0.2) is 30.9 Å². The van der Waals surface area contributed by atoms with Crippen LogP contribution in [0.2, 0.25) is 0 Å². The summed E-state index contributed by atoms with van der Waals surface area (Å²) in [6, 6.07) is 4.01. The molecule has 3 rings (SSSR count). The number of aliphatic hydroxyl groups excluding tert-OH is 1. The molecule has 0 spiro atoms. The van der Waals surface area contributed by atoms with Gasteiger partial charge in [0.05, 0.1) is 18.5 Å². The second kappa shape index (κ2) is 9.17. The summed E-state index contributed by atoms with van der Waals surface area (Å²) in [6.07, 6.45) is 5.65. The highest BCUT2D eigenvalue weighted by Crippen LogP contribution is 2.25. The van der Waals surface area contributed by atoms with Crippen molar-refractivity contribution in [3.63, 3.8) is 0 Å². The number of anilines is 2. The predicted octanol–water partition coefficient (Wildman–Crippen LogP) is 3.62. The minimum atomic E-state index is -0.485. The molecule has 0 amide bonds. The molecule has 0 aliphatic heterocycles. The van der Waals surface area contributed by atoms with Gasteiger partial charge in [0.2, 0.25) is 5.95 Å². The van der Waals surface area contributed by atoms with Crippen LogP contribution in [0.4, 0.5) is 11.8 Å². The minimum Gasteiger partial charge on any atom is -0.391 e. The Hall–Kier alpha value is -2.74. The maximum atomic E-state index is 10.5. The molecule has 3 heterocycles. The Balaban J connectivity index is 1.95. The summed E-state index contributed by atoms with van der Waals surface area (Å²) in [4.78, 5) is 18.1. The molecule has 0 aromatic carbocycles. The van der Waals surface area contributed by atoms with E-state index in [-0.39, 0.29) is 18.0 Å². The van der Waals surface area contributed by atoms with Crippen molar-refractivity contribution in [3.8, 4) is 0 Å². The molecule has 3 N–H and O–H groups in total. The maximum absolute atomic E-state index is 10.5. The molecule has 0 saturated carbocycles. The second-order valence-electron chi connectivity index (χ2n) is 7.92. The Kier molecular flexibility index (Phi) is 6.64. The van der Waals surface area contributed by atoms with Gasteiger partial charge in [0.1, 0.15) is 0 Å². The van der Waals surface area contributed by atoms with E-state index in [1.807, 2.05) is 43.7 Å². The summed E-state index contributed by atoms with van der Waals surface area (Å²) in [6.45, 7) is 10.8. The number of imidazole rings is 1. The number of nitrogens with zero attached hydrogens (tertiary/aromatic N) is 5. The first kappa shape index (κ1) is 21.0. The molecule has 3 aromatic heterocycles. The molecule has 2 unspecified atom stereocenters. The SMILES string of the molecule is CCC(Nc1nc(NCc2cccnc2)c2ncn(C(C)C)c2n1)C(O)C(C)C. The van der Waals surface area contributed by atoms with E-state index in [4.69, 9.17) is 4.98 Å². The fourth-order valence-corrected chi connectivity index (χ4v) is 3.23. The topological polar surface area (TPSA) is 101 Å². The fourth-order valence-electron chi connectivity index (χ4n) is 3.23. The summed E-state index contributed by atoms with van der Waals surface area (Å²) in [7, 11) is 0. The maximum Gasteiger partial charge on any atom is 0.227 e. The molecular weight excluding hydrogens is 366 g/mol. The van der Waals surface area contributed by atoms with Crippen molar-refractivity contribution >= 4 is 22.9 Å². The number of hydrogen-bond donors (Lipinski definition) is 3. The Morgan fingerprint density at radius 2 is 1.97 bits per heavy atom. The molecular formula is C21H31N7O. The van der Waals surface area contributed by atoms with Crippen molar-refractivity contribution < 1.29 is 5.11 Å². The van der Waals surface area contributed by atoms with Gasteiger partial charge in [0.25, 0.3) is 0 Å². The van der Waals surface area contributed by atoms with Gasteiger partial charge in [-0.2, -0.15) is 9.97 Å². The van der Waals surface area contributed by atoms with Crippen LogP contribution in [0.3, 0.4) is 0 Å². The molecule has 0 aliphatic rings. The van der Waals surface area contributed by atoms with E-state index in [1.54, 1.807) is 12.5 Å². The lowest BCUT2D eigenvalue weighted by molar-refractivity contribution is 0.103. The lowest BCUT2D eigenvalue weighted by Gasteiger charge is -2.26. The Bertz CT molecular complexity index is 923. The summed E-state index contributed by atoms with van der Waals surface area (Å²) in [5, 5.41) is 17.2. The van der Waals surface area contributed by atoms with Gasteiger partial charge in [-0.25, -0.2) is 4.98 Å². The molecule has 0 aliphatic carbocycles. The van der Waals surface area contributed by atoms with Crippen molar-refractivity contribution in [1.29, 1.82) is 0 Å². The van der Waals surface area contributed by atoms with Gasteiger partial charge in [-0.3, -0.25) is 4.98 Å². The molecule has 3 aromatic rings. The quantitative estimate of drug-likeness (QED) is 0.507. The van der Waals surface area contributed by atoms with E-state index >= 15 is 0 Å². The molecule has 0 saturated heterocycles. The Morgan fingerprint density at radius 1 is 1.17 bits per heavy atom. The zero-order valence-electron chi connectivity index (χ0n) is 17.8. The van der Waals surface area contributed by atoms with Gasteiger partial charge in [-0.05, 0) is 37.8 Å². The van der Waals surface area contributed by atoms with Crippen LogP contribution in [-0.4, -0.2) is 41.8 Å². The van der Waals surface area contributed by atoms with Crippen molar-refractivity contribution in [1.82, 2.24) is 24.5 Å². The van der Waals surface area contributed by atoms with Crippen LogP contribution >= 0.6 is 0 Å². The summed E-state index contributed by atoms with van der Waals surface area (Å²) in [5.74, 6) is 1.29. The first-order valence-electron chi connectivity index (χ1n) is 10.2. The van der Waals surface area contributed by atoms with Gasteiger partial charge in [-0.1, -0.05) is 26.8 Å². The van der Waals surface area contributed by atoms with Crippen LogP contribution < -0.4 is 10.6 Å². The third kappa shape index (κ3) is 4.82. The first-order valence-corrected chi connectivity index (χ1v) is 10.2. The van der Waals surface area contributed by atoms with Gasteiger partial charge in [0.15, 0.2) is 17.0 Å². The molecule has 0 fully saturated rings. The zero-order valence-corrected chi connectivity index (χ0v) is 17.8. The third-order valence-corrected chi connectivity index (χ3v) is 5.01. The monoisotopic (exact) mass is 397 g/mol. The standard InChI is InChI=1S/C21H31N7O/c1-6-16(18(29)13(2)3)25-21-26-19(23-11-15-8-7-9-22-10-15)17-20(27-21)28(12-24-17)14(4)5/h7-10,12-14,16,18,29H,6,11H2,1-5H3,(H2,23,25,26,27). The number of fused-ring (bicyclic) bond motifs is 1. The van der Waals surface area contributed by atoms with Crippen LogP contribution in [0.5, 0.6) is 0 Å². The lowest BCUT2D eigenvalue weighted by Crippen LogP contribution is -2.37. The van der Waals surface area contributed by atoms with E-state index in [9.17, 15) is 5.11 Å². The third-order valence-electron chi connectivity index (χ3n) is 5.01. The molecule has 29 heavy (non-hydrogen) atoms. The van der Waals surface area contributed by atoms with E-state index in [0.29, 0.717) is 18.3 Å². The lowest BCUT2D eigenvalue weighted by atomic mass is 9.98. The highest BCUT2D eigenvalue weighted by Gasteiger charge is 2.23. The fraction of sp³-hybridized carbons (Fsp3) is 0.524. The molecule has 156 valence electrons. The van der Waals surface area contributed by atoms with E-state index in [2.05, 4.69) is 39.4 Å². The Labute approximate surface area is 171 Å². The highest BCUT2D eigenvalue weighted by molar-refractivity contribution is 5.84. The Morgan fingerprint density at radius 3 is 2.59 bits per heavy atom. The predicted molar refractivity (Wildman–Crippen MR) is 116 cm³/mol. The summed E-state index contributed by atoms with van der Waals surface area (Å²) >= 11 is 0. The van der Waals surface area contributed by atoms with Crippen molar-refractivity contribution in [2.75, 3.05) is 10.6 Å². The van der Waals surface area contributed by atoms with Gasteiger partial charge in [0, 0.05) is 25.0 Å². The van der Waals surface area contributed by atoms with E-state index in [1.165, 1.54) is 0 Å². The largest absolute Gasteiger partial charge is 0.391 e. The number of hydrogen-bond acceptors (Lipinski definition) is 7. The van der Waals surface area contributed by atoms with Crippen molar-refractivity contribution in [2.24, 2.45) is 5.92 Å². The highest BCUT2D eigenvalue weighted by atomic mass is 16.3. The first-order chi connectivity index (χ1) is 13.9. The van der Waals surface area contributed by atoms with Gasteiger partial charge >= 0.3 is 0 Å². The van der Waals surface area contributed by atoms with Gasteiger partial charge in [-0.15, -0.1) is 0 Å².